The predicted octanol–water partition coefficient (Wildman–Crippen LogP) is 1.57. The van der Waals surface area contributed by atoms with Gasteiger partial charge in [-0.25, -0.2) is 5.90 Å². The standard InChI is InChI=1S/C7H11NOS/c8-9-5-1-3-7-4-2-6-10-7/h2,4,6H,1,3,5,8H2. The maximum Gasteiger partial charge on any atom is 0.0682 e. The van der Waals surface area contributed by atoms with Crippen LogP contribution in [0.5, 0.6) is 0 Å². The van der Waals surface area contributed by atoms with Crippen molar-refractivity contribution in [1.82, 2.24) is 0 Å². The summed E-state index contributed by atoms with van der Waals surface area (Å²) in [6, 6.07) is 4.19. The molecule has 0 saturated carbocycles. The second-order valence-corrected chi connectivity index (χ2v) is 3.09. The second-order valence-electron chi connectivity index (χ2n) is 2.05. The molecule has 1 aromatic rings. The Balaban J connectivity index is 2.15. The molecule has 0 aliphatic rings. The van der Waals surface area contributed by atoms with Crippen LogP contribution in [0.4, 0.5) is 0 Å². The van der Waals surface area contributed by atoms with Gasteiger partial charge < -0.3 is 4.84 Å². The molecule has 1 aromatic heterocycles. The number of hydrogen-bond donors (Lipinski definition) is 1. The van der Waals surface area contributed by atoms with E-state index in [1.165, 1.54) is 4.88 Å². The molecule has 0 spiro atoms. The molecule has 0 fully saturated rings. The Morgan fingerprint density at radius 2 is 2.50 bits per heavy atom. The maximum atomic E-state index is 4.87. The van der Waals surface area contributed by atoms with Crippen molar-refractivity contribution in [1.29, 1.82) is 0 Å². The van der Waals surface area contributed by atoms with Crippen molar-refractivity contribution in [3.8, 4) is 0 Å². The molecule has 3 heteroatoms. The normalized spacial score (nSPS) is 10.1. The molecule has 1 rings (SSSR count). The van der Waals surface area contributed by atoms with Gasteiger partial charge in [0.25, 0.3) is 0 Å². The third kappa shape index (κ3) is 2.47. The Hall–Kier alpha value is -0.380. The van der Waals surface area contributed by atoms with Gasteiger partial charge in [-0.05, 0) is 24.3 Å². The molecular weight excluding hydrogens is 146 g/mol. The summed E-state index contributed by atoms with van der Waals surface area (Å²) >= 11 is 1.78. The van der Waals surface area contributed by atoms with Gasteiger partial charge in [0, 0.05) is 4.88 Å². The summed E-state index contributed by atoms with van der Waals surface area (Å²) in [4.78, 5) is 5.84. The van der Waals surface area contributed by atoms with Gasteiger partial charge in [0.05, 0.1) is 6.61 Å². The lowest BCUT2D eigenvalue weighted by Crippen LogP contribution is -2.01. The average Bonchev–Trinajstić information content (AvgIpc) is 2.41. The van der Waals surface area contributed by atoms with Crippen molar-refractivity contribution in [2.24, 2.45) is 5.90 Å². The summed E-state index contributed by atoms with van der Waals surface area (Å²) in [7, 11) is 0. The van der Waals surface area contributed by atoms with Gasteiger partial charge >= 0.3 is 0 Å². The van der Waals surface area contributed by atoms with Crippen molar-refractivity contribution in [2.75, 3.05) is 6.61 Å². The van der Waals surface area contributed by atoms with Crippen LogP contribution < -0.4 is 5.90 Å². The van der Waals surface area contributed by atoms with Crippen molar-refractivity contribution in [2.45, 2.75) is 12.8 Å². The molecule has 0 atom stereocenters. The third-order valence-corrected chi connectivity index (χ3v) is 2.20. The minimum Gasteiger partial charge on any atom is -0.305 e. The minimum atomic E-state index is 0.651. The van der Waals surface area contributed by atoms with E-state index in [1.54, 1.807) is 11.3 Å². The van der Waals surface area contributed by atoms with Crippen LogP contribution in [0.3, 0.4) is 0 Å². The summed E-state index contributed by atoms with van der Waals surface area (Å²) in [6.07, 6.45) is 2.09. The van der Waals surface area contributed by atoms with Gasteiger partial charge in [0.1, 0.15) is 0 Å². The minimum absolute atomic E-state index is 0.651. The lowest BCUT2D eigenvalue weighted by molar-refractivity contribution is 0.136. The van der Waals surface area contributed by atoms with Crippen molar-refractivity contribution in [3.05, 3.63) is 22.4 Å². The zero-order valence-electron chi connectivity index (χ0n) is 5.75. The van der Waals surface area contributed by atoms with Crippen molar-refractivity contribution in [3.63, 3.8) is 0 Å². The molecule has 0 aromatic carbocycles. The molecule has 0 saturated heterocycles. The number of thiophene rings is 1. The molecule has 2 N–H and O–H groups in total. The van der Waals surface area contributed by atoms with Gasteiger partial charge in [0.15, 0.2) is 0 Å². The quantitative estimate of drug-likeness (QED) is 0.532. The van der Waals surface area contributed by atoms with E-state index in [1.807, 2.05) is 0 Å². The van der Waals surface area contributed by atoms with E-state index in [2.05, 4.69) is 22.4 Å². The van der Waals surface area contributed by atoms with E-state index < -0.39 is 0 Å². The van der Waals surface area contributed by atoms with Crippen LogP contribution in [-0.4, -0.2) is 6.61 Å². The number of rotatable bonds is 4. The van der Waals surface area contributed by atoms with Gasteiger partial charge in [-0.15, -0.1) is 11.3 Å². The first kappa shape index (κ1) is 7.72. The molecule has 0 aliphatic carbocycles. The topological polar surface area (TPSA) is 35.2 Å². The lowest BCUT2D eigenvalue weighted by Gasteiger charge is -1.94. The van der Waals surface area contributed by atoms with Gasteiger partial charge in [0.2, 0.25) is 0 Å². The van der Waals surface area contributed by atoms with Gasteiger partial charge in [-0.3, -0.25) is 0 Å². The SMILES string of the molecule is NOCCCc1cccs1. The van der Waals surface area contributed by atoms with Crippen LogP contribution in [-0.2, 0) is 11.3 Å². The molecule has 1 heterocycles. The Kier molecular flexibility index (Phi) is 3.43. The Morgan fingerprint density at radius 3 is 3.10 bits per heavy atom. The number of nitrogens with two attached hydrogens (primary N) is 1. The molecule has 0 amide bonds. The molecular formula is C7H11NOS. The fraction of sp³-hybridized carbons (Fsp3) is 0.429. The van der Waals surface area contributed by atoms with Crippen LogP contribution in [0, 0.1) is 0 Å². The molecule has 2 nitrogen and oxygen atoms in total. The maximum absolute atomic E-state index is 4.87. The highest BCUT2D eigenvalue weighted by Gasteiger charge is 1.91. The lowest BCUT2D eigenvalue weighted by atomic mass is 10.3. The van der Waals surface area contributed by atoms with Gasteiger partial charge in [-0.2, -0.15) is 0 Å². The van der Waals surface area contributed by atoms with E-state index in [-0.39, 0.29) is 0 Å². The van der Waals surface area contributed by atoms with E-state index >= 15 is 0 Å². The summed E-state index contributed by atoms with van der Waals surface area (Å²) in [5, 5.41) is 2.08. The monoisotopic (exact) mass is 157 g/mol. The van der Waals surface area contributed by atoms with E-state index in [4.69, 9.17) is 5.90 Å². The largest absolute Gasteiger partial charge is 0.305 e. The first-order valence-corrected chi connectivity index (χ1v) is 4.15. The van der Waals surface area contributed by atoms with Crippen LogP contribution in [0.1, 0.15) is 11.3 Å². The number of hydrogen-bond acceptors (Lipinski definition) is 3. The fourth-order valence-corrected chi connectivity index (χ4v) is 1.54. The van der Waals surface area contributed by atoms with E-state index in [0.29, 0.717) is 6.61 Å². The summed E-state index contributed by atoms with van der Waals surface area (Å²) in [5.74, 6) is 4.87. The molecule has 0 radical (unpaired) electrons. The predicted molar refractivity (Wildman–Crippen MR) is 42.8 cm³/mol. The summed E-state index contributed by atoms with van der Waals surface area (Å²) < 4.78 is 0. The van der Waals surface area contributed by atoms with Crippen LogP contribution in [0.2, 0.25) is 0 Å². The first-order chi connectivity index (χ1) is 4.93. The van der Waals surface area contributed by atoms with E-state index in [0.717, 1.165) is 12.8 Å². The molecule has 56 valence electrons. The highest BCUT2D eigenvalue weighted by atomic mass is 32.1. The molecule has 0 bridgehead atoms. The summed E-state index contributed by atoms with van der Waals surface area (Å²) in [5.41, 5.74) is 0. The van der Waals surface area contributed by atoms with Crippen molar-refractivity contribution >= 4 is 11.3 Å². The first-order valence-electron chi connectivity index (χ1n) is 3.27. The zero-order chi connectivity index (χ0) is 7.23. The zero-order valence-corrected chi connectivity index (χ0v) is 6.56. The van der Waals surface area contributed by atoms with Crippen LogP contribution in [0.15, 0.2) is 17.5 Å². The van der Waals surface area contributed by atoms with Gasteiger partial charge in [-0.1, -0.05) is 6.07 Å². The smallest absolute Gasteiger partial charge is 0.0682 e. The average molecular weight is 157 g/mol. The fourth-order valence-electron chi connectivity index (χ4n) is 0.785. The second kappa shape index (κ2) is 4.44. The molecule has 10 heavy (non-hydrogen) atoms. The number of aryl methyl sites for hydroxylation is 1. The van der Waals surface area contributed by atoms with Crippen LogP contribution in [0.25, 0.3) is 0 Å². The van der Waals surface area contributed by atoms with Crippen LogP contribution >= 0.6 is 11.3 Å². The third-order valence-electron chi connectivity index (χ3n) is 1.27. The highest BCUT2D eigenvalue weighted by Crippen LogP contribution is 2.10. The Morgan fingerprint density at radius 1 is 1.60 bits per heavy atom. The Bertz CT molecular complexity index is 162. The highest BCUT2D eigenvalue weighted by molar-refractivity contribution is 7.09. The Labute approximate surface area is 64.6 Å². The summed E-state index contributed by atoms with van der Waals surface area (Å²) in [6.45, 7) is 0.651. The van der Waals surface area contributed by atoms with Crippen molar-refractivity contribution < 1.29 is 4.84 Å². The molecule has 0 unspecified atom stereocenters. The molecule has 0 aliphatic heterocycles. The van der Waals surface area contributed by atoms with E-state index in [9.17, 15) is 0 Å².